The molecule has 2 nitrogen and oxygen atoms in total. The zero-order valence-corrected chi connectivity index (χ0v) is 8.65. The van der Waals surface area contributed by atoms with Crippen LogP contribution in [0.5, 0.6) is 0 Å². The second kappa shape index (κ2) is 3.63. The van der Waals surface area contributed by atoms with Gasteiger partial charge in [-0.3, -0.25) is 0 Å². The summed E-state index contributed by atoms with van der Waals surface area (Å²) < 4.78 is 0.278. The summed E-state index contributed by atoms with van der Waals surface area (Å²) >= 11 is 1.97. The van der Waals surface area contributed by atoms with Crippen LogP contribution in [0, 0.1) is 5.92 Å². The highest BCUT2D eigenvalue weighted by Crippen LogP contribution is 2.44. The number of thioether (sulfide) groups is 1. The Morgan fingerprint density at radius 2 is 2.33 bits per heavy atom. The third-order valence-corrected chi connectivity index (χ3v) is 4.12. The van der Waals surface area contributed by atoms with Crippen LogP contribution < -0.4 is 0 Å². The molecule has 1 fully saturated rings. The van der Waals surface area contributed by atoms with Gasteiger partial charge >= 0.3 is 0 Å². The molecule has 12 heavy (non-hydrogen) atoms. The first-order valence-electron chi connectivity index (χ1n) is 4.29. The minimum atomic E-state index is 0.132. The molecule has 1 aliphatic rings. The molecule has 0 radical (unpaired) electrons. The molecule has 1 rings (SSSR count). The Bertz CT molecular complexity index is 209. The smallest absolute Gasteiger partial charge is 0.211 e. The van der Waals surface area contributed by atoms with Gasteiger partial charge in [-0.1, -0.05) is 13.8 Å². The lowest BCUT2D eigenvalue weighted by molar-refractivity contribution is 0.374. The zero-order valence-electron chi connectivity index (χ0n) is 7.83. The lowest BCUT2D eigenvalue weighted by atomic mass is 9.87. The molecule has 0 aromatic rings. The minimum absolute atomic E-state index is 0.132. The van der Waals surface area contributed by atoms with Crippen molar-refractivity contribution in [2.24, 2.45) is 10.9 Å². The molecule has 0 saturated carbocycles. The highest BCUT2D eigenvalue weighted by atomic mass is 32.2. The van der Waals surface area contributed by atoms with Gasteiger partial charge in [-0.15, -0.1) is 0 Å². The van der Waals surface area contributed by atoms with Crippen LogP contribution in [0.1, 0.15) is 27.2 Å². The van der Waals surface area contributed by atoms with E-state index in [9.17, 15) is 4.79 Å². The zero-order chi connectivity index (χ0) is 9.19. The van der Waals surface area contributed by atoms with Crippen molar-refractivity contribution in [2.75, 3.05) is 5.75 Å². The lowest BCUT2D eigenvalue weighted by Crippen LogP contribution is -2.30. The lowest BCUT2D eigenvalue weighted by Gasteiger charge is -2.28. The van der Waals surface area contributed by atoms with Gasteiger partial charge in [0.2, 0.25) is 6.08 Å². The summed E-state index contributed by atoms with van der Waals surface area (Å²) in [6, 6.07) is 0.132. The van der Waals surface area contributed by atoms with Crippen molar-refractivity contribution in [3.63, 3.8) is 0 Å². The molecule has 1 saturated heterocycles. The van der Waals surface area contributed by atoms with Crippen LogP contribution in [-0.4, -0.2) is 22.6 Å². The first kappa shape index (κ1) is 9.82. The third-order valence-electron chi connectivity index (χ3n) is 2.63. The molecule has 3 heteroatoms. The van der Waals surface area contributed by atoms with Gasteiger partial charge in [0, 0.05) is 4.75 Å². The average molecular weight is 185 g/mol. The summed E-state index contributed by atoms with van der Waals surface area (Å²) in [6.07, 6.45) is 2.82. The van der Waals surface area contributed by atoms with E-state index >= 15 is 0 Å². The van der Waals surface area contributed by atoms with Crippen molar-refractivity contribution in [3.05, 3.63) is 0 Å². The fourth-order valence-electron chi connectivity index (χ4n) is 1.90. The van der Waals surface area contributed by atoms with Crippen LogP contribution in [0.4, 0.5) is 0 Å². The molecular weight excluding hydrogens is 170 g/mol. The Morgan fingerprint density at radius 3 is 2.75 bits per heavy atom. The van der Waals surface area contributed by atoms with E-state index in [1.807, 2.05) is 18.7 Å². The van der Waals surface area contributed by atoms with Crippen molar-refractivity contribution < 1.29 is 4.79 Å². The first-order chi connectivity index (χ1) is 5.58. The first-order valence-corrected chi connectivity index (χ1v) is 5.27. The summed E-state index contributed by atoms with van der Waals surface area (Å²) in [5.41, 5.74) is 0. The maximum atomic E-state index is 10.1. The number of hydrogen-bond donors (Lipinski definition) is 0. The number of nitrogens with zero attached hydrogens (tertiary/aromatic N) is 1. The molecular formula is C9H15NOS. The van der Waals surface area contributed by atoms with E-state index in [1.165, 1.54) is 12.2 Å². The van der Waals surface area contributed by atoms with E-state index in [4.69, 9.17) is 0 Å². The van der Waals surface area contributed by atoms with Gasteiger partial charge < -0.3 is 0 Å². The van der Waals surface area contributed by atoms with E-state index in [2.05, 4.69) is 18.8 Å². The predicted molar refractivity (Wildman–Crippen MR) is 52.2 cm³/mol. The molecule has 2 atom stereocenters. The third kappa shape index (κ3) is 1.90. The van der Waals surface area contributed by atoms with Crippen molar-refractivity contribution in [2.45, 2.75) is 38.0 Å². The molecule has 1 heterocycles. The Labute approximate surface area is 77.8 Å². The number of rotatable bonds is 2. The Hall–Kier alpha value is -0.270. The van der Waals surface area contributed by atoms with Crippen LogP contribution in [-0.2, 0) is 4.79 Å². The summed E-state index contributed by atoms with van der Waals surface area (Å²) in [7, 11) is 0. The number of hydrogen-bond acceptors (Lipinski definition) is 3. The monoisotopic (exact) mass is 185 g/mol. The van der Waals surface area contributed by atoms with Crippen molar-refractivity contribution in [3.8, 4) is 0 Å². The van der Waals surface area contributed by atoms with Crippen LogP contribution in [0.3, 0.4) is 0 Å². The van der Waals surface area contributed by atoms with E-state index in [-0.39, 0.29) is 10.8 Å². The highest BCUT2D eigenvalue weighted by Gasteiger charge is 2.38. The van der Waals surface area contributed by atoms with Gasteiger partial charge in [-0.05, 0) is 25.0 Å². The van der Waals surface area contributed by atoms with Gasteiger partial charge in [0.25, 0.3) is 0 Å². The second-order valence-corrected chi connectivity index (χ2v) is 5.56. The molecule has 2 unspecified atom stereocenters. The highest BCUT2D eigenvalue weighted by molar-refractivity contribution is 8.00. The Balaban J connectivity index is 2.68. The SMILES string of the molecule is CC(N=C=O)C1CCSC1(C)C. The van der Waals surface area contributed by atoms with E-state index < -0.39 is 0 Å². The molecule has 0 N–H and O–H groups in total. The summed E-state index contributed by atoms with van der Waals surface area (Å²) in [5, 5.41) is 0. The maximum absolute atomic E-state index is 10.1. The second-order valence-electron chi connectivity index (χ2n) is 3.81. The number of carbonyl (C=O) groups excluding carboxylic acids is 1. The van der Waals surface area contributed by atoms with Crippen molar-refractivity contribution in [1.82, 2.24) is 0 Å². The van der Waals surface area contributed by atoms with Gasteiger partial charge in [0.1, 0.15) is 0 Å². The van der Waals surface area contributed by atoms with Gasteiger partial charge in [-0.25, -0.2) is 9.79 Å². The molecule has 0 aromatic heterocycles. The van der Waals surface area contributed by atoms with Gasteiger partial charge in [0.15, 0.2) is 0 Å². The van der Waals surface area contributed by atoms with Crippen LogP contribution >= 0.6 is 11.8 Å². The maximum Gasteiger partial charge on any atom is 0.235 e. The summed E-state index contributed by atoms with van der Waals surface area (Å²) in [4.78, 5) is 13.9. The fourth-order valence-corrected chi connectivity index (χ4v) is 3.33. The van der Waals surface area contributed by atoms with Crippen LogP contribution in [0.15, 0.2) is 4.99 Å². The van der Waals surface area contributed by atoms with Gasteiger partial charge in [-0.2, -0.15) is 11.8 Å². The largest absolute Gasteiger partial charge is 0.235 e. The minimum Gasteiger partial charge on any atom is -0.211 e. The number of isocyanates is 1. The van der Waals surface area contributed by atoms with E-state index in [1.54, 1.807) is 6.08 Å². The van der Waals surface area contributed by atoms with Crippen LogP contribution in [0.25, 0.3) is 0 Å². The number of aliphatic imine (C=N–C) groups is 1. The van der Waals surface area contributed by atoms with Crippen molar-refractivity contribution >= 4 is 17.8 Å². The Kier molecular flexibility index (Phi) is 2.97. The van der Waals surface area contributed by atoms with Crippen LogP contribution in [0.2, 0.25) is 0 Å². The molecule has 0 spiro atoms. The predicted octanol–water partition coefficient (Wildman–Crippen LogP) is 2.24. The van der Waals surface area contributed by atoms with E-state index in [0.717, 1.165) is 0 Å². The summed E-state index contributed by atoms with van der Waals surface area (Å²) in [5.74, 6) is 1.72. The molecule has 0 bridgehead atoms. The summed E-state index contributed by atoms with van der Waals surface area (Å²) in [6.45, 7) is 6.46. The molecule has 0 aromatic carbocycles. The standard InChI is InChI=1S/C9H15NOS/c1-7(10-6-11)8-4-5-12-9(8,2)3/h7-8H,4-5H2,1-3H3. The quantitative estimate of drug-likeness (QED) is 0.488. The Morgan fingerprint density at radius 1 is 1.67 bits per heavy atom. The molecule has 68 valence electrons. The topological polar surface area (TPSA) is 29.4 Å². The van der Waals surface area contributed by atoms with Gasteiger partial charge in [0.05, 0.1) is 6.04 Å². The molecule has 0 amide bonds. The van der Waals surface area contributed by atoms with E-state index in [0.29, 0.717) is 5.92 Å². The molecule has 0 aliphatic carbocycles. The molecule has 1 aliphatic heterocycles. The fraction of sp³-hybridized carbons (Fsp3) is 0.889. The normalized spacial score (nSPS) is 29.4. The van der Waals surface area contributed by atoms with Crippen molar-refractivity contribution in [1.29, 1.82) is 0 Å². The average Bonchev–Trinajstić information content (AvgIpc) is 2.30.